The highest BCUT2D eigenvalue weighted by Gasteiger charge is 2.32. The highest BCUT2D eigenvalue weighted by molar-refractivity contribution is 5.92. The van der Waals surface area contributed by atoms with E-state index in [1.807, 2.05) is 32.6 Å². The van der Waals surface area contributed by atoms with Crippen molar-refractivity contribution in [3.8, 4) is 0 Å². The molecule has 0 aromatic carbocycles. The third-order valence-corrected chi connectivity index (χ3v) is 4.93. The Labute approximate surface area is 142 Å². The average Bonchev–Trinajstić information content (AvgIpc) is 3.21. The lowest BCUT2D eigenvalue weighted by Gasteiger charge is -2.39. The van der Waals surface area contributed by atoms with E-state index in [1.54, 1.807) is 0 Å². The van der Waals surface area contributed by atoms with Crippen LogP contribution in [0.25, 0.3) is 0 Å². The van der Waals surface area contributed by atoms with Crippen LogP contribution in [0.15, 0.2) is 18.6 Å². The SMILES string of the molecule is CCc1cc(C(=O)NC[C@@H]2CCCN(C)[C@H]2c2cncn2C)n[nH]1. The van der Waals surface area contributed by atoms with E-state index < -0.39 is 0 Å². The van der Waals surface area contributed by atoms with Gasteiger partial charge in [0.05, 0.1) is 18.1 Å². The molecule has 3 heterocycles. The van der Waals surface area contributed by atoms with Crippen LogP contribution in [-0.2, 0) is 13.5 Å². The van der Waals surface area contributed by atoms with Crippen LogP contribution in [0.1, 0.15) is 47.7 Å². The molecule has 0 unspecified atom stereocenters. The highest BCUT2D eigenvalue weighted by Crippen LogP contribution is 2.34. The zero-order chi connectivity index (χ0) is 17.1. The van der Waals surface area contributed by atoms with Crippen LogP contribution in [0, 0.1) is 5.92 Å². The van der Waals surface area contributed by atoms with Gasteiger partial charge in [0.2, 0.25) is 0 Å². The molecule has 130 valence electrons. The first kappa shape index (κ1) is 16.7. The van der Waals surface area contributed by atoms with Gasteiger partial charge in [-0.3, -0.25) is 14.8 Å². The summed E-state index contributed by atoms with van der Waals surface area (Å²) in [7, 11) is 4.17. The molecule has 24 heavy (non-hydrogen) atoms. The molecular weight excluding hydrogens is 304 g/mol. The molecule has 1 saturated heterocycles. The number of hydrogen-bond acceptors (Lipinski definition) is 4. The van der Waals surface area contributed by atoms with Crippen LogP contribution in [0.5, 0.6) is 0 Å². The maximum Gasteiger partial charge on any atom is 0.271 e. The number of imidazole rings is 1. The molecule has 2 aromatic rings. The van der Waals surface area contributed by atoms with Crippen molar-refractivity contribution < 1.29 is 4.79 Å². The van der Waals surface area contributed by atoms with Crippen molar-refractivity contribution in [1.29, 1.82) is 0 Å². The molecule has 7 heteroatoms. The average molecular weight is 330 g/mol. The Balaban J connectivity index is 1.68. The fourth-order valence-electron chi connectivity index (χ4n) is 3.57. The zero-order valence-electron chi connectivity index (χ0n) is 14.6. The molecular formula is C17H26N6O. The number of aryl methyl sites for hydroxylation is 2. The van der Waals surface area contributed by atoms with Gasteiger partial charge >= 0.3 is 0 Å². The lowest BCUT2D eigenvalue weighted by Crippen LogP contribution is -2.42. The van der Waals surface area contributed by atoms with Crippen molar-refractivity contribution in [1.82, 2.24) is 30.0 Å². The molecule has 0 spiro atoms. The van der Waals surface area contributed by atoms with Crippen LogP contribution in [0.4, 0.5) is 0 Å². The number of amides is 1. The van der Waals surface area contributed by atoms with E-state index in [4.69, 9.17) is 0 Å². The van der Waals surface area contributed by atoms with Crippen molar-refractivity contribution in [2.24, 2.45) is 13.0 Å². The molecule has 2 N–H and O–H groups in total. The van der Waals surface area contributed by atoms with Crippen molar-refractivity contribution >= 4 is 5.91 Å². The molecule has 1 amide bonds. The molecule has 1 fully saturated rings. The lowest BCUT2D eigenvalue weighted by atomic mass is 9.87. The summed E-state index contributed by atoms with van der Waals surface area (Å²) in [5.74, 6) is 0.260. The van der Waals surface area contributed by atoms with Gasteiger partial charge < -0.3 is 9.88 Å². The largest absolute Gasteiger partial charge is 0.350 e. The van der Waals surface area contributed by atoms with Gasteiger partial charge in [0.1, 0.15) is 5.69 Å². The van der Waals surface area contributed by atoms with E-state index in [1.165, 1.54) is 5.69 Å². The van der Waals surface area contributed by atoms with Crippen LogP contribution in [-0.4, -0.2) is 50.7 Å². The number of aromatic nitrogens is 4. The number of aromatic amines is 1. The molecule has 7 nitrogen and oxygen atoms in total. The number of nitrogens with zero attached hydrogens (tertiary/aromatic N) is 4. The Kier molecular flexibility index (Phi) is 4.99. The van der Waals surface area contributed by atoms with Gasteiger partial charge in [-0.05, 0) is 44.8 Å². The number of carbonyl (C=O) groups excluding carboxylic acids is 1. The summed E-state index contributed by atoms with van der Waals surface area (Å²) >= 11 is 0. The predicted molar refractivity (Wildman–Crippen MR) is 91.6 cm³/mol. The molecule has 3 rings (SSSR count). The summed E-state index contributed by atoms with van der Waals surface area (Å²) in [6, 6.07) is 2.10. The number of rotatable bonds is 5. The Morgan fingerprint density at radius 2 is 2.29 bits per heavy atom. The number of H-pyrrole nitrogens is 1. The smallest absolute Gasteiger partial charge is 0.271 e. The van der Waals surface area contributed by atoms with Gasteiger partial charge in [-0.15, -0.1) is 0 Å². The first-order chi connectivity index (χ1) is 11.6. The minimum atomic E-state index is -0.108. The van der Waals surface area contributed by atoms with Gasteiger partial charge in [-0.2, -0.15) is 5.10 Å². The second-order valence-corrected chi connectivity index (χ2v) is 6.60. The minimum absolute atomic E-state index is 0.108. The van der Waals surface area contributed by atoms with E-state index in [0.717, 1.165) is 31.5 Å². The molecule has 0 aliphatic carbocycles. The van der Waals surface area contributed by atoms with Gasteiger partial charge in [-0.1, -0.05) is 6.92 Å². The number of likely N-dealkylation sites (tertiary alicyclic amines) is 1. The third-order valence-electron chi connectivity index (χ3n) is 4.93. The van der Waals surface area contributed by atoms with Gasteiger partial charge in [0.25, 0.3) is 5.91 Å². The first-order valence-corrected chi connectivity index (χ1v) is 8.59. The van der Waals surface area contributed by atoms with E-state index in [2.05, 4.69) is 37.0 Å². The van der Waals surface area contributed by atoms with Gasteiger partial charge in [0.15, 0.2) is 0 Å². The minimum Gasteiger partial charge on any atom is -0.350 e. The summed E-state index contributed by atoms with van der Waals surface area (Å²) in [5.41, 5.74) is 2.64. The Hall–Kier alpha value is -2.15. The number of nitrogens with one attached hydrogen (secondary N) is 2. The molecule has 0 radical (unpaired) electrons. The fraction of sp³-hybridized carbons (Fsp3) is 0.588. The van der Waals surface area contributed by atoms with Crippen molar-refractivity contribution in [3.05, 3.63) is 35.7 Å². The summed E-state index contributed by atoms with van der Waals surface area (Å²) in [6.45, 7) is 3.75. The molecule has 2 aromatic heterocycles. The van der Waals surface area contributed by atoms with E-state index >= 15 is 0 Å². The topological polar surface area (TPSA) is 78.8 Å². The maximum atomic E-state index is 12.3. The summed E-state index contributed by atoms with van der Waals surface area (Å²) in [5, 5.41) is 10.0. The summed E-state index contributed by atoms with van der Waals surface area (Å²) in [4.78, 5) is 19.0. The second-order valence-electron chi connectivity index (χ2n) is 6.60. The van der Waals surface area contributed by atoms with Crippen LogP contribution in [0.3, 0.4) is 0 Å². The molecule has 1 aliphatic rings. The lowest BCUT2D eigenvalue weighted by molar-refractivity contribution is 0.0877. The zero-order valence-corrected chi connectivity index (χ0v) is 14.6. The second kappa shape index (κ2) is 7.17. The highest BCUT2D eigenvalue weighted by atomic mass is 16.1. The molecule has 2 atom stereocenters. The summed E-state index contributed by atoms with van der Waals surface area (Å²) in [6.07, 6.45) is 6.86. The standard InChI is InChI=1S/C17H26N6O/c1-4-13-8-14(21-20-13)17(24)19-9-12-6-5-7-22(2)16(12)15-10-18-11-23(15)3/h8,10-12,16H,4-7,9H2,1-3H3,(H,19,24)(H,20,21)/t12-,16+/m0/s1. The maximum absolute atomic E-state index is 12.3. The number of hydrogen-bond donors (Lipinski definition) is 2. The number of carbonyl (C=O) groups is 1. The van der Waals surface area contributed by atoms with E-state index in [0.29, 0.717) is 18.2 Å². The fourth-order valence-corrected chi connectivity index (χ4v) is 3.57. The van der Waals surface area contributed by atoms with Gasteiger partial charge in [-0.25, -0.2) is 4.98 Å². The molecule has 0 saturated carbocycles. The van der Waals surface area contributed by atoms with Crippen molar-refractivity contribution in [3.63, 3.8) is 0 Å². The van der Waals surface area contributed by atoms with E-state index in [9.17, 15) is 4.79 Å². The Morgan fingerprint density at radius 1 is 1.46 bits per heavy atom. The normalized spacial score (nSPS) is 21.8. The quantitative estimate of drug-likeness (QED) is 0.871. The van der Waals surface area contributed by atoms with E-state index in [-0.39, 0.29) is 11.9 Å². The van der Waals surface area contributed by atoms with Gasteiger partial charge in [0, 0.05) is 25.5 Å². The molecule has 0 bridgehead atoms. The van der Waals surface area contributed by atoms with Crippen LogP contribution >= 0.6 is 0 Å². The monoisotopic (exact) mass is 330 g/mol. The predicted octanol–water partition coefficient (Wildman–Crippen LogP) is 1.52. The first-order valence-electron chi connectivity index (χ1n) is 8.59. The molecule has 1 aliphatic heterocycles. The van der Waals surface area contributed by atoms with Crippen LogP contribution in [0.2, 0.25) is 0 Å². The van der Waals surface area contributed by atoms with Crippen molar-refractivity contribution in [2.45, 2.75) is 32.2 Å². The van der Waals surface area contributed by atoms with Crippen molar-refractivity contribution in [2.75, 3.05) is 20.1 Å². The number of piperidine rings is 1. The van der Waals surface area contributed by atoms with Crippen LogP contribution < -0.4 is 5.32 Å². The summed E-state index contributed by atoms with van der Waals surface area (Å²) < 4.78 is 2.07. The Bertz CT molecular complexity index is 691. The Morgan fingerprint density at radius 3 is 2.96 bits per heavy atom. The third kappa shape index (κ3) is 3.36.